The average Bonchev–Trinajstić information content (AvgIpc) is 2.38. The van der Waals surface area contributed by atoms with Crippen molar-refractivity contribution in [2.75, 3.05) is 12.0 Å². The van der Waals surface area contributed by atoms with E-state index in [1.807, 2.05) is 13.8 Å². The largest absolute Gasteiger partial charge is 0.493 e. The summed E-state index contributed by atoms with van der Waals surface area (Å²) in [5.74, 6) is 1.01. The van der Waals surface area contributed by atoms with Gasteiger partial charge in [-0.15, -0.1) is 0 Å². The smallest absolute Gasteiger partial charge is 0.268 e. The molecule has 5 heteroatoms. The highest BCUT2D eigenvalue weighted by Gasteiger charge is 2.35. The number of aliphatic hydroxyl groups is 1. The van der Waals surface area contributed by atoms with Gasteiger partial charge in [0.2, 0.25) is 0 Å². The van der Waals surface area contributed by atoms with Crippen molar-refractivity contribution in [2.45, 2.75) is 39.5 Å². The summed E-state index contributed by atoms with van der Waals surface area (Å²) in [7, 11) is 1.54. The first-order chi connectivity index (χ1) is 8.99. The fourth-order valence-electron chi connectivity index (χ4n) is 2.26. The highest BCUT2D eigenvalue weighted by molar-refractivity contribution is 6.01. The van der Waals surface area contributed by atoms with Crippen molar-refractivity contribution < 1.29 is 19.4 Å². The molecule has 0 fully saturated rings. The van der Waals surface area contributed by atoms with Crippen LogP contribution >= 0.6 is 0 Å². The monoisotopic (exact) mass is 265 g/mol. The second kappa shape index (κ2) is 5.09. The van der Waals surface area contributed by atoms with E-state index in [0.717, 1.165) is 0 Å². The number of carbonyl (C=O) groups is 1. The number of hydrogen-bond donors (Lipinski definition) is 1. The molecule has 5 nitrogen and oxygen atoms in total. The second-order valence-electron chi connectivity index (χ2n) is 4.87. The number of rotatable bonds is 3. The van der Waals surface area contributed by atoms with Crippen molar-refractivity contribution in [1.29, 1.82) is 0 Å². The maximum Gasteiger partial charge on any atom is 0.268 e. The fourth-order valence-corrected chi connectivity index (χ4v) is 2.26. The number of aliphatic hydroxyl groups excluding tert-OH is 1. The molecule has 0 radical (unpaired) electrons. The van der Waals surface area contributed by atoms with E-state index < -0.39 is 6.10 Å². The van der Waals surface area contributed by atoms with Crippen LogP contribution in [-0.4, -0.2) is 30.3 Å². The molecule has 1 amide bonds. The summed E-state index contributed by atoms with van der Waals surface area (Å²) < 4.78 is 10.9. The lowest BCUT2D eigenvalue weighted by Gasteiger charge is -2.36. The quantitative estimate of drug-likeness (QED) is 0.904. The molecule has 1 aromatic rings. The summed E-state index contributed by atoms with van der Waals surface area (Å²) in [6.45, 7) is 5.50. The van der Waals surface area contributed by atoms with Gasteiger partial charge in [-0.3, -0.25) is 4.79 Å². The normalized spacial score (nSPS) is 18.3. The van der Waals surface area contributed by atoms with Crippen LogP contribution in [0.3, 0.4) is 0 Å². The predicted molar refractivity (Wildman–Crippen MR) is 71.6 cm³/mol. The molecule has 19 heavy (non-hydrogen) atoms. The lowest BCUT2D eigenvalue weighted by atomic mass is 10.1. The van der Waals surface area contributed by atoms with Crippen molar-refractivity contribution in [3.63, 3.8) is 0 Å². The van der Waals surface area contributed by atoms with Crippen LogP contribution in [-0.2, 0) is 11.4 Å². The molecular formula is C14H19NO4. The minimum absolute atomic E-state index is 0.0104. The van der Waals surface area contributed by atoms with Gasteiger partial charge in [-0.05, 0) is 38.5 Å². The Kier molecular flexibility index (Phi) is 3.66. The summed E-state index contributed by atoms with van der Waals surface area (Å²) in [5, 5.41) is 9.30. The summed E-state index contributed by atoms with van der Waals surface area (Å²) >= 11 is 0. The van der Waals surface area contributed by atoms with Gasteiger partial charge in [0.1, 0.15) is 0 Å². The highest BCUT2D eigenvalue weighted by atomic mass is 16.5. The topological polar surface area (TPSA) is 59.0 Å². The van der Waals surface area contributed by atoms with E-state index in [1.165, 1.54) is 0 Å². The molecule has 1 aliphatic rings. The second-order valence-corrected chi connectivity index (χ2v) is 4.87. The summed E-state index contributed by atoms with van der Waals surface area (Å²) in [6.07, 6.45) is -0.538. The molecule has 104 valence electrons. The number of hydrogen-bond acceptors (Lipinski definition) is 4. The molecule has 1 unspecified atom stereocenters. The third kappa shape index (κ3) is 2.26. The van der Waals surface area contributed by atoms with Gasteiger partial charge in [0, 0.05) is 6.04 Å². The van der Waals surface area contributed by atoms with Crippen LogP contribution in [0.2, 0.25) is 0 Å². The molecule has 1 aromatic carbocycles. The van der Waals surface area contributed by atoms with Gasteiger partial charge in [-0.1, -0.05) is 0 Å². The summed E-state index contributed by atoms with van der Waals surface area (Å²) in [4.78, 5) is 13.9. The maximum absolute atomic E-state index is 12.2. The highest BCUT2D eigenvalue weighted by Crippen LogP contribution is 2.43. The van der Waals surface area contributed by atoms with Gasteiger partial charge < -0.3 is 19.5 Å². The van der Waals surface area contributed by atoms with Gasteiger partial charge in [-0.2, -0.15) is 0 Å². The molecule has 1 N–H and O–H groups in total. The van der Waals surface area contributed by atoms with Crippen molar-refractivity contribution in [3.05, 3.63) is 17.7 Å². The van der Waals surface area contributed by atoms with Gasteiger partial charge in [0.15, 0.2) is 17.6 Å². The van der Waals surface area contributed by atoms with Crippen molar-refractivity contribution in [1.82, 2.24) is 0 Å². The van der Waals surface area contributed by atoms with E-state index in [2.05, 4.69) is 0 Å². The molecule has 0 saturated heterocycles. The lowest BCUT2D eigenvalue weighted by molar-refractivity contribution is -0.126. The van der Waals surface area contributed by atoms with Crippen LogP contribution in [0.15, 0.2) is 12.1 Å². The zero-order chi connectivity index (χ0) is 14.2. The van der Waals surface area contributed by atoms with Crippen LogP contribution in [0, 0.1) is 0 Å². The Labute approximate surface area is 112 Å². The average molecular weight is 265 g/mol. The van der Waals surface area contributed by atoms with Crippen molar-refractivity contribution >= 4 is 11.6 Å². The number of benzene rings is 1. The molecule has 0 aromatic heterocycles. The number of amides is 1. The van der Waals surface area contributed by atoms with E-state index in [1.54, 1.807) is 31.1 Å². The molecule has 0 saturated carbocycles. The molecule has 0 aliphatic carbocycles. The Hall–Kier alpha value is -1.75. The van der Waals surface area contributed by atoms with Crippen LogP contribution in [0.4, 0.5) is 5.69 Å². The zero-order valence-electron chi connectivity index (χ0n) is 11.6. The SMILES string of the molecule is COc1cc(CO)cc2c1OC(C)C(=O)N2C(C)C. The Balaban J connectivity index is 2.63. The van der Waals surface area contributed by atoms with E-state index in [9.17, 15) is 9.90 Å². The zero-order valence-corrected chi connectivity index (χ0v) is 11.6. The number of methoxy groups -OCH3 is 1. The number of carbonyl (C=O) groups excluding carboxylic acids is 1. The van der Waals surface area contributed by atoms with Gasteiger partial charge in [-0.25, -0.2) is 0 Å². The molecule has 0 bridgehead atoms. The van der Waals surface area contributed by atoms with Gasteiger partial charge in [0.05, 0.1) is 19.4 Å². The first kappa shape index (κ1) is 13.7. The first-order valence-electron chi connectivity index (χ1n) is 6.31. The molecule has 0 spiro atoms. The van der Waals surface area contributed by atoms with Gasteiger partial charge in [0.25, 0.3) is 5.91 Å². The number of fused-ring (bicyclic) bond motifs is 1. The first-order valence-corrected chi connectivity index (χ1v) is 6.31. The number of nitrogens with zero attached hydrogens (tertiary/aromatic N) is 1. The summed E-state index contributed by atoms with van der Waals surface area (Å²) in [6, 6.07) is 3.50. The van der Waals surface area contributed by atoms with E-state index in [-0.39, 0.29) is 18.6 Å². The lowest BCUT2D eigenvalue weighted by Crippen LogP contribution is -2.48. The predicted octanol–water partition coefficient (Wildman–Crippen LogP) is 1.71. The molecule has 1 heterocycles. The standard InChI is InChI=1S/C14H19NO4/c1-8(2)15-11-5-10(7-16)6-12(18-4)13(11)19-9(3)14(15)17/h5-6,8-9,16H,7H2,1-4H3. The van der Waals surface area contributed by atoms with Crippen LogP contribution in [0.25, 0.3) is 0 Å². The molecule has 1 atom stereocenters. The third-order valence-electron chi connectivity index (χ3n) is 3.15. The number of anilines is 1. The van der Waals surface area contributed by atoms with E-state index in [0.29, 0.717) is 22.7 Å². The third-order valence-corrected chi connectivity index (χ3v) is 3.15. The molecule has 2 rings (SSSR count). The van der Waals surface area contributed by atoms with Crippen molar-refractivity contribution in [3.8, 4) is 11.5 Å². The van der Waals surface area contributed by atoms with Crippen molar-refractivity contribution in [2.24, 2.45) is 0 Å². The number of ether oxygens (including phenoxy) is 2. The Morgan fingerprint density at radius 2 is 2.16 bits per heavy atom. The van der Waals surface area contributed by atoms with E-state index >= 15 is 0 Å². The maximum atomic E-state index is 12.2. The minimum Gasteiger partial charge on any atom is -0.493 e. The Morgan fingerprint density at radius 1 is 1.47 bits per heavy atom. The Bertz CT molecular complexity index is 498. The molecular weight excluding hydrogens is 246 g/mol. The van der Waals surface area contributed by atoms with E-state index in [4.69, 9.17) is 9.47 Å². The summed E-state index contributed by atoms with van der Waals surface area (Å²) in [5.41, 5.74) is 1.34. The minimum atomic E-state index is -0.538. The Morgan fingerprint density at radius 3 is 2.68 bits per heavy atom. The molecule has 1 aliphatic heterocycles. The fraction of sp³-hybridized carbons (Fsp3) is 0.500. The van der Waals surface area contributed by atoms with Gasteiger partial charge >= 0.3 is 0 Å². The van der Waals surface area contributed by atoms with Crippen LogP contribution in [0.5, 0.6) is 11.5 Å². The van der Waals surface area contributed by atoms with Crippen LogP contribution in [0.1, 0.15) is 26.3 Å². The van der Waals surface area contributed by atoms with Crippen LogP contribution < -0.4 is 14.4 Å².